The molecule has 0 fully saturated rings. The maximum Gasteiger partial charge on any atom is 0.407 e. The molecule has 0 spiro atoms. The molecule has 0 aliphatic heterocycles. The first-order valence-corrected chi connectivity index (χ1v) is 4.56. The number of rotatable bonds is 5. The lowest BCUT2D eigenvalue weighted by atomic mass is 10.3. The fourth-order valence-electron chi connectivity index (χ4n) is 0.844. The SMILES string of the molecule is CCNC(=O)[C@H](CN)NC(=O)OCC. The molecule has 0 rings (SSSR count). The zero-order valence-electron chi connectivity index (χ0n) is 8.50. The molecule has 14 heavy (non-hydrogen) atoms. The summed E-state index contributed by atoms with van der Waals surface area (Å²) in [7, 11) is 0. The molecule has 0 bridgehead atoms. The van der Waals surface area contributed by atoms with Crippen LogP contribution in [0.3, 0.4) is 0 Å². The van der Waals surface area contributed by atoms with Gasteiger partial charge < -0.3 is 21.1 Å². The molecule has 6 heteroatoms. The average Bonchev–Trinajstić information content (AvgIpc) is 2.15. The topological polar surface area (TPSA) is 93.5 Å². The van der Waals surface area contributed by atoms with Crippen molar-refractivity contribution in [3.8, 4) is 0 Å². The molecule has 0 saturated heterocycles. The predicted octanol–water partition coefficient (Wildman–Crippen LogP) is -0.804. The Morgan fingerprint density at radius 2 is 2.07 bits per heavy atom. The van der Waals surface area contributed by atoms with Crippen molar-refractivity contribution in [1.29, 1.82) is 0 Å². The number of hydrogen-bond acceptors (Lipinski definition) is 4. The summed E-state index contributed by atoms with van der Waals surface area (Å²) in [6.45, 7) is 4.28. The van der Waals surface area contributed by atoms with Crippen molar-refractivity contribution in [2.24, 2.45) is 5.73 Å². The fraction of sp³-hybridized carbons (Fsp3) is 0.750. The lowest BCUT2D eigenvalue weighted by molar-refractivity contribution is -0.122. The number of likely N-dealkylation sites (N-methyl/N-ethyl adjacent to an activating group) is 1. The number of amides is 2. The lowest BCUT2D eigenvalue weighted by Gasteiger charge is -2.15. The second kappa shape index (κ2) is 7.14. The maximum atomic E-state index is 11.3. The molecule has 0 aliphatic rings. The molecule has 0 aromatic heterocycles. The van der Waals surface area contributed by atoms with Crippen molar-refractivity contribution >= 4 is 12.0 Å². The summed E-state index contributed by atoms with van der Waals surface area (Å²) < 4.78 is 4.62. The van der Waals surface area contributed by atoms with E-state index in [4.69, 9.17) is 5.73 Å². The van der Waals surface area contributed by atoms with Gasteiger partial charge in [-0.3, -0.25) is 4.79 Å². The van der Waals surface area contributed by atoms with E-state index in [1.807, 2.05) is 0 Å². The molecule has 2 amide bonds. The van der Waals surface area contributed by atoms with Crippen molar-refractivity contribution in [2.45, 2.75) is 19.9 Å². The van der Waals surface area contributed by atoms with E-state index in [1.165, 1.54) is 0 Å². The van der Waals surface area contributed by atoms with Crippen LogP contribution in [0.1, 0.15) is 13.8 Å². The van der Waals surface area contributed by atoms with Crippen molar-refractivity contribution < 1.29 is 14.3 Å². The monoisotopic (exact) mass is 203 g/mol. The molecule has 0 aliphatic carbocycles. The van der Waals surface area contributed by atoms with Crippen LogP contribution in [0.25, 0.3) is 0 Å². The number of ether oxygens (including phenoxy) is 1. The van der Waals surface area contributed by atoms with E-state index in [0.29, 0.717) is 6.54 Å². The Balaban J connectivity index is 4.01. The highest BCUT2D eigenvalue weighted by Crippen LogP contribution is 1.84. The van der Waals surface area contributed by atoms with Crippen LogP contribution in [0, 0.1) is 0 Å². The van der Waals surface area contributed by atoms with E-state index in [9.17, 15) is 9.59 Å². The van der Waals surface area contributed by atoms with Crippen LogP contribution in [-0.4, -0.2) is 37.7 Å². The molecule has 0 radical (unpaired) electrons. The number of nitrogens with two attached hydrogens (primary N) is 1. The minimum atomic E-state index is -0.728. The van der Waals surface area contributed by atoms with E-state index >= 15 is 0 Å². The van der Waals surface area contributed by atoms with Gasteiger partial charge in [0.1, 0.15) is 6.04 Å². The Kier molecular flexibility index (Phi) is 6.47. The van der Waals surface area contributed by atoms with Crippen molar-refractivity contribution in [1.82, 2.24) is 10.6 Å². The average molecular weight is 203 g/mol. The minimum Gasteiger partial charge on any atom is -0.450 e. The van der Waals surface area contributed by atoms with Crippen molar-refractivity contribution in [3.63, 3.8) is 0 Å². The molecular weight excluding hydrogens is 186 g/mol. The number of nitrogens with one attached hydrogen (secondary N) is 2. The van der Waals surface area contributed by atoms with Crippen LogP contribution in [0.4, 0.5) is 4.79 Å². The Bertz CT molecular complexity index is 196. The molecule has 82 valence electrons. The Labute approximate surface area is 83.2 Å². The Hall–Kier alpha value is -1.30. The molecule has 0 aromatic rings. The summed E-state index contributed by atoms with van der Waals surface area (Å²) in [6, 6.07) is -0.728. The third-order valence-electron chi connectivity index (χ3n) is 1.47. The van der Waals surface area contributed by atoms with Gasteiger partial charge in [0.25, 0.3) is 0 Å². The van der Waals surface area contributed by atoms with Crippen LogP contribution < -0.4 is 16.4 Å². The minimum absolute atomic E-state index is 0.0463. The highest BCUT2D eigenvalue weighted by Gasteiger charge is 2.18. The summed E-state index contributed by atoms with van der Waals surface area (Å²) in [4.78, 5) is 22.2. The quantitative estimate of drug-likeness (QED) is 0.545. The molecule has 6 nitrogen and oxygen atoms in total. The first-order chi connectivity index (χ1) is 6.65. The smallest absolute Gasteiger partial charge is 0.407 e. The van der Waals surface area contributed by atoms with E-state index in [0.717, 1.165) is 0 Å². The molecule has 0 aromatic carbocycles. The van der Waals surface area contributed by atoms with Crippen LogP contribution in [0.2, 0.25) is 0 Å². The van der Waals surface area contributed by atoms with Gasteiger partial charge in [0, 0.05) is 13.1 Å². The van der Waals surface area contributed by atoms with Crippen LogP contribution in [0.5, 0.6) is 0 Å². The number of carbonyl (C=O) groups excluding carboxylic acids is 2. The number of carbonyl (C=O) groups is 2. The second-order valence-electron chi connectivity index (χ2n) is 2.55. The van der Waals surface area contributed by atoms with E-state index in [-0.39, 0.29) is 19.1 Å². The van der Waals surface area contributed by atoms with Crippen LogP contribution in [0.15, 0.2) is 0 Å². The maximum absolute atomic E-state index is 11.3. The fourth-order valence-corrected chi connectivity index (χ4v) is 0.844. The normalized spacial score (nSPS) is 11.6. The highest BCUT2D eigenvalue weighted by atomic mass is 16.5. The Morgan fingerprint density at radius 1 is 1.43 bits per heavy atom. The van der Waals surface area contributed by atoms with Gasteiger partial charge in [-0.15, -0.1) is 0 Å². The van der Waals surface area contributed by atoms with Gasteiger partial charge in [-0.2, -0.15) is 0 Å². The van der Waals surface area contributed by atoms with E-state index in [2.05, 4.69) is 15.4 Å². The lowest BCUT2D eigenvalue weighted by Crippen LogP contribution is -2.50. The van der Waals surface area contributed by atoms with E-state index < -0.39 is 12.1 Å². The van der Waals surface area contributed by atoms with Crippen molar-refractivity contribution in [2.75, 3.05) is 19.7 Å². The summed E-state index contributed by atoms with van der Waals surface area (Å²) in [6.07, 6.45) is -0.630. The van der Waals surface area contributed by atoms with Gasteiger partial charge in [-0.1, -0.05) is 0 Å². The predicted molar refractivity (Wildman–Crippen MR) is 51.7 cm³/mol. The summed E-state index contributed by atoms with van der Waals surface area (Å²) >= 11 is 0. The second-order valence-corrected chi connectivity index (χ2v) is 2.55. The van der Waals surface area contributed by atoms with Gasteiger partial charge in [-0.05, 0) is 13.8 Å². The Morgan fingerprint density at radius 3 is 2.50 bits per heavy atom. The number of alkyl carbamates (subject to hydrolysis) is 1. The summed E-state index contributed by atoms with van der Waals surface area (Å²) in [5.41, 5.74) is 5.32. The van der Waals surface area contributed by atoms with Crippen LogP contribution in [-0.2, 0) is 9.53 Å². The first-order valence-electron chi connectivity index (χ1n) is 4.56. The van der Waals surface area contributed by atoms with Gasteiger partial charge in [-0.25, -0.2) is 4.79 Å². The van der Waals surface area contributed by atoms with Gasteiger partial charge >= 0.3 is 6.09 Å². The molecule has 4 N–H and O–H groups in total. The molecular formula is C8H17N3O3. The summed E-state index contributed by atoms with van der Waals surface area (Å²) in [5, 5.41) is 4.91. The van der Waals surface area contributed by atoms with E-state index in [1.54, 1.807) is 13.8 Å². The van der Waals surface area contributed by atoms with Crippen LogP contribution >= 0.6 is 0 Å². The molecule has 1 atom stereocenters. The zero-order chi connectivity index (χ0) is 11.0. The molecule has 0 heterocycles. The van der Waals surface area contributed by atoms with Gasteiger partial charge in [0.05, 0.1) is 6.61 Å². The zero-order valence-corrected chi connectivity index (χ0v) is 8.50. The van der Waals surface area contributed by atoms with Gasteiger partial charge in [0.2, 0.25) is 5.91 Å². The largest absolute Gasteiger partial charge is 0.450 e. The number of hydrogen-bond donors (Lipinski definition) is 3. The highest BCUT2D eigenvalue weighted by molar-refractivity contribution is 5.85. The third kappa shape index (κ3) is 4.66. The third-order valence-corrected chi connectivity index (χ3v) is 1.47. The standard InChI is InChI=1S/C8H17N3O3/c1-3-10-7(12)6(5-9)11-8(13)14-4-2/h6H,3-5,9H2,1-2H3,(H,10,12)(H,11,13)/t6-/m0/s1. The molecule has 0 saturated carbocycles. The first kappa shape index (κ1) is 12.7. The van der Waals surface area contributed by atoms with Gasteiger partial charge in [0.15, 0.2) is 0 Å². The molecule has 0 unspecified atom stereocenters. The van der Waals surface area contributed by atoms with Crippen molar-refractivity contribution in [3.05, 3.63) is 0 Å². The summed E-state index contributed by atoms with van der Waals surface area (Å²) in [5.74, 6) is -0.303.